The molecule has 0 bridgehead atoms. The quantitative estimate of drug-likeness (QED) is 0.313. The summed E-state index contributed by atoms with van der Waals surface area (Å²) in [5.74, 6) is -0.855. The van der Waals surface area contributed by atoms with E-state index in [9.17, 15) is 9.36 Å². The van der Waals surface area contributed by atoms with E-state index < -0.39 is 17.8 Å². The van der Waals surface area contributed by atoms with Gasteiger partial charge < -0.3 is 14.0 Å². The number of carbonyl (C=O) groups is 1. The summed E-state index contributed by atoms with van der Waals surface area (Å²) in [4.78, 5) is 11.4. The van der Waals surface area contributed by atoms with Crippen LogP contribution >= 0.6 is 31.0 Å². The molecule has 0 aliphatic rings. The number of rotatable bonds is 7. The Morgan fingerprint density at radius 2 is 2.00 bits per heavy atom. The zero-order valence-electron chi connectivity index (χ0n) is 9.59. The van der Waals surface area contributed by atoms with E-state index in [1.54, 1.807) is 13.8 Å². The normalized spacial score (nSPS) is 13.9. The van der Waals surface area contributed by atoms with Crippen LogP contribution in [-0.2, 0) is 18.8 Å². The highest BCUT2D eigenvalue weighted by atomic mass is 35.5. The van der Waals surface area contributed by atoms with Crippen molar-refractivity contribution in [3.05, 3.63) is 0 Å². The lowest BCUT2D eigenvalue weighted by molar-refractivity contribution is -0.146. The largest absolute Gasteiger partial charge is 0.460 e. The average Bonchev–Trinajstić information content (AvgIpc) is 2.16. The van der Waals surface area contributed by atoms with Gasteiger partial charge in [-0.2, -0.15) is 0 Å². The lowest BCUT2D eigenvalue weighted by atomic mass is 10.5. The Hall–Kier alpha value is 0.240. The maximum atomic E-state index is 11.7. The van der Waals surface area contributed by atoms with Crippen molar-refractivity contribution in [3.8, 4) is 0 Å². The average molecular weight is 291 g/mol. The number of hydrogen-bond acceptors (Lipinski definition) is 4. The molecule has 0 rings (SSSR count). The van der Waals surface area contributed by atoms with Gasteiger partial charge in [0.1, 0.15) is 7.80 Å². The Kier molecular flexibility index (Phi) is 7.66. The highest BCUT2D eigenvalue weighted by Crippen LogP contribution is 2.47. The molecule has 0 aromatic heterocycles. The van der Waals surface area contributed by atoms with E-state index in [4.69, 9.17) is 32.7 Å². The number of ether oxygens (including phenoxy) is 2. The third kappa shape index (κ3) is 5.53. The molecule has 0 aliphatic carbocycles. The Bertz CT molecular complexity index is 256. The third-order valence-corrected chi connectivity index (χ3v) is 4.76. The standard InChI is InChI=1S/C9H17Cl2O4P/c1-4-14-5-6-16(13)9(10,11)8(12)15-7(2)3/h7,16H,4-6H2,1-3H3. The first-order valence-corrected chi connectivity index (χ1v) is 7.39. The van der Waals surface area contributed by atoms with E-state index in [0.29, 0.717) is 6.61 Å². The van der Waals surface area contributed by atoms with Crippen LogP contribution in [0.5, 0.6) is 0 Å². The van der Waals surface area contributed by atoms with Crippen molar-refractivity contribution < 1.29 is 18.8 Å². The topological polar surface area (TPSA) is 52.6 Å². The second-order valence-corrected chi connectivity index (χ2v) is 7.46. The highest BCUT2D eigenvalue weighted by Gasteiger charge is 2.42. The Morgan fingerprint density at radius 3 is 2.44 bits per heavy atom. The molecule has 4 nitrogen and oxygen atoms in total. The fraction of sp³-hybridized carbons (Fsp3) is 0.889. The molecule has 0 aliphatic heterocycles. The summed E-state index contributed by atoms with van der Waals surface area (Å²) >= 11 is 11.5. The van der Waals surface area contributed by atoms with Gasteiger partial charge in [-0.15, -0.1) is 0 Å². The van der Waals surface area contributed by atoms with Crippen LogP contribution in [-0.4, -0.2) is 35.5 Å². The summed E-state index contributed by atoms with van der Waals surface area (Å²) in [6.45, 7) is 5.94. The van der Waals surface area contributed by atoms with Crippen molar-refractivity contribution in [1.29, 1.82) is 0 Å². The molecule has 96 valence electrons. The van der Waals surface area contributed by atoms with Gasteiger partial charge >= 0.3 is 5.97 Å². The molecule has 7 heteroatoms. The first kappa shape index (κ1) is 16.2. The van der Waals surface area contributed by atoms with Crippen LogP contribution in [0.2, 0.25) is 0 Å². The smallest absolute Gasteiger partial charge is 0.350 e. The molecule has 1 unspecified atom stereocenters. The van der Waals surface area contributed by atoms with E-state index in [0.717, 1.165) is 0 Å². The summed E-state index contributed by atoms with van der Waals surface area (Å²) in [6.07, 6.45) is -0.176. The number of halogens is 2. The number of esters is 1. The van der Waals surface area contributed by atoms with E-state index >= 15 is 0 Å². The molecule has 0 heterocycles. The molecule has 0 aromatic carbocycles. The van der Waals surface area contributed by atoms with Crippen LogP contribution < -0.4 is 0 Å². The molecule has 0 saturated carbocycles. The maximum Gasteiger partial charge on any atom is 0.350 e. The molecule has 16 heavy (non-hydrogen) atoms. The Balaban J connectivity index is 4.29. The van der Waals surface area contributed by atoms with E-state index in [1.807, 2.05) is 6.92 Å². The van der Waals surface area contributed by atoms with E-state index in [1.165, 1.54) is 0 Å². The Labute approximate surface area is 106 Å². The molecule has 0 fully saturated rings. The highest BCUT2D eigenvalue weighted by molar-refractivity contribution is 7.53. The summed E-state index contributed by atoms with van der Waals surface area (Å²) in [5.41, 5.74) is 0. The van der Waals surface area contributed by atoms with Crippen molar-refractivity contribution in [2.75, 3.05) is 19.4 Å². The molecule has 0 amide bonds. The summed E-state index contributed by atoms with van der Waals surface area (Å²) in [6, 6.07) is 0. The van der Waals surface area contributed by atoms with Crippen molar-refractivity contribution in [2.45, 2.75) is 30.9 Å². The van der Waals surface area contributed by atoms with Gasteiger partial charge in [-0.3, -0.25) is 0 Å². The minimum absolute atomic E-state index is 0.165. The number of alkyl halides is 2. The van der Waals surface area contributed by atoms with Crippen LogP contribution in [0.25, 0.3) is 0 Å². The van der Waals surface area contributed by atoms with E-state index in [2.05, 4.69) is 0 Å². The second-order valence-electron chi connectivity index (χ2n) is 3.40. The van der Waals surface area contributed by atoms with E-state index in [-0.39, 0.29) is 18.9 Å². The molecule has 0 spiro atoms. The van der Waals surface area contributed by atoms with Gasteiger partial charge in [0.15, 0.2) is 0 Å². The zero-order chi connectivity index (χ0) is 12.8. The lowest BCUT2D eigenvalue weighted by Crippen LogP contribution is -2.28. The molecule has 0 radical (unpaired) electrons. The van der Waals surface area contributed by atoms with Gasteiger partial charge in [0.25, 0.3) is 4.07 Å². The molecule has 0 saturated heterocycles. The maximum absolute atomic E-state index is 11.7. The molecular formula is C9H17Cl2O4P. The monoisotopic (exact) mass is 290 g/mol. The SMILES string of the molecule is CCOCC[PH](=O)C(Cl)(Cl)C(=O)OC(C)C. The minimum atomic E-state index is -2.50. The zero-order valence-corrected chi connectivity index (χ0v) is 12.1. The van der Waals surface area contributed by atoms with Crippen molar-refractivity contribution in [2.24, 2.45) is 0 Å². The lowest BCUT2D eigenvalue weighted by Gasteiger charge is -2.19. The van der Waals surface area contributed by atoms with Gasteiger partial charge in [0, 0.05) is 12.8 Å². The van der Waals surface area contributed by atoms with Gasteiger partial charge in [-0.25, -0.2) is 4.79 Å². The molecule has 0 aromatic rings. The van der Waals surface area contributed by atoms with Crippen molar-refractivity contribution >= 4 is 37.0 Å². The fourth-order valence-corrected chi connectivity index (χ4v) is 2.45. The third-order valence-electron chi connectivity index (χ3n) is 1.63. The van der Waals surface area contributed by atoms with Crippen molar-refractivity contribution in [1.82, 2.24) is 0 Å². The minimum Gasteiger partial charge on any atom is -0.460 e. The van der Waals surface area contributed by atoms with Crippen molar-refractivity contribution in [3.63, 3.8) is 0 Å². The van der Waals surface area contributed by atoms with Crippen LogP contribution in [0.15, 0.2) is 0 Å². The first-order chi connectivity index (χ1) is 7.32. The molecular weight excluding hydrogens is 274 g/mol. The van der Waals surface area contributed by atoms with Crippen LogP contribution in [0.1, 0.15) is 20.8 Å². The predicted molar refractivity (Wildman–Crippen MR) is 66.0 cm³/mol. The van der Waals surface area contributed by atoms with Crippen LogP contribution in [0.3, 0.4) is 0 Å². The van der Waals surface area contributed by atoms with Gasteiger partial charge in [-0.05, 0) is 20.8 Å². The second kappa shape index (κ2) is 7.54. The van der Waals surface area contributed by atoms with Gasteiger partial charge in [0.05, 0.1) is 12.7 Å². The van der Waals surface area contributed by atoms with Gasteiger partial charge in [-0.1, -0.05) is 23.2 Å². The predicted octanol–water partition coefficient (Wildman–Crippen LogP) is 2.67. The molecule has 1 atom stereocenters. The van der Waals surface area contributed by atoms with Crippen LogP contribution in [0, 0.1) is 0 Å². The summed E-state index contributed by atoms with van der Waals surface area (Å²) in [7, 11) is -2.50. The van der Waals surface area contributed by atoms with Crippen LogP contribution in [0.4, 0.5) is 0 Å². The fourth-order valence-electron chi connectivity index (χ4n) is 0.868. The number of carbonyl (C=O) groups excluding carboxylic acids is 1. The van der Waals surface area contributed by atoms with Gasteiger partial charge in [0.2, 0.25) is 0 Å². The number of hydrogen-bond donors (Lipinski definition) is 0. The summed E-state index contributed by atoms with van der Waals surface area (Å²) < 4.78 is 19.6. The summed E-state index contributed by atoms with van der Waals surface area (Å²) in [5, 5.41) is 0. The Morgan fingerprint density at radius 1 is 1.44 bits per heavy atom. The molecule has 0 N–H and O–H groups in total. The first-order valence-electron chi connectivity index (χ1n) is 5.02.